The number of carboxylic acid groups (broad SMARTS) is 1. The largest absolute Gasteiger partial charge is 0.481 e. The van der Waals surface area contributed by atoms with Gasteiger partial charge in [0.05, 0.1) is 0 Å². The molecule has 0 aromatic heterocycles. The number of allylic oxidation sites excluding steroid dienone is 4. The van der Waals surface area contributed by atoms with Gasteiger partial charge in [-0.3, -0.25) is 9.59 Å². The molecule has 0 aromatic rings. The maximum Gasteiger partial charge on any atom is 0.306 e. The Labute approximate surface area is 312 Å². The number of ether oxygens (including phenoxy) is 1. The molecule has 50 heavy (non-hydrogen) atoms. The summed E-state index contributed by atoms with van der Waals surface area (Å²) in [6.07, 6.45) is 53.5. The summed E-state index contributed by atoms with van der Waals surface area (Å²) < 4.78 is 6.01. The summed E-state index contributed by atoms with van der Waals surface area (Å²) in [6.45, 7) is 4.56. The predicted molar refractivity (Wildman–Crippen MR) is 218 cm³/mol. The molecule has 4 heteroatoms. The van der Waals surface area contributed by atoms with E-state index in [1.165, 1.54) is 154 Å². The summed E-state index contributed by atoms with van der Waals surface area (Å²) in [5.41, 5.74) is 0. The van der Waals surface area contributed by atoms with Crippen molar-refractivity contribution >= 4 is 11.9 Å². The summed E-state index contributed by atoms with van der Waals surface area (Å²) in [6, 6.07) is 0. The molecule has 0 saturated carbocycles. The van der Waals surface area contributed by atoms with Crippen LogP contribution < -0.4 is 0 Å². The lowest BCUT2D eigenvalue weighted by molar-refractivity contribution is -0.150. The number of esters is 1. The van der Waals surface area contributed by atoms with E-state index in [0.29, 0.717) is 6.42 Å². The zero-order valence-corrected chi connectivity index (χ0v) is 33.7. The highest BCUT2D eigenvalue weighted by atomic mass is 16.5. The van der Waals surface area contributed by atoms with Gasteiger partial charge >= 0.3 is 11.9 Å². The van der Waals surface area contributed by atoms with Crippen LogP contribution in [0, 0.1) is 0 Å². The molecule has 0 amide bonds. The van der Waals surface area contributed by atoms with Crippen LogP contribution in [0.3, 0.4) is 0 Å². The summed E-state index contributed by atoms with van der Waals surface area (Å²) in [5, 5.41) is 8.84. The molecule has 4 nitrogen and oxygen atoms in total. The number of unbranched alkanes of at least 4 members (excludes halogenated alkanes) is 28. The molecule has 294 valence electrons. The standard InChI is InChI=1S/C46H86O4/c1-3-5-7-9-11-13-15-17-18-19-20-21-22-24-26-28-30-35-39-43-46(49)50-44(41-37-33-31-34-38-42-45(47)48)40-36-32-29-27-25-23-16-14-12-10-8-6-4-2/h17-18,27,29,44H,3-16,19-26,28,30-43H2,1-2H3,(H,47,48)/b18-17-,29-27-. The van der Waals surface area contributed by atoms with Crippen LogP contribution in [-0.2, 0) is 14.3 Å². The van der Waals surface area contributed by atoms with Crippen molar-refractivity contribution in [1.82, 2.24) is 0 Å². The third kappa shape index (κ3) is 40.8. The molecular weight excluding hydrogens is 617 g/mol. The third-order valence-corrected chi connectivity index (χ3v) is 10.1. The topological polar surface area (TPSA) is 63.6 Å². The normalized spacial score (nSPS) is 12.4. The highest BCUT2D eigenvalue weighted by molar-refractivity contribution is 5.69. The quantitative estimate of drug-likeness (QED) is 0.0391. The highest BCUT2D eigenvalue weighted by Crippen LogP contribution is 2.18. The average Bonchev–Trinajstić information content (AvgIpc) is 3.10. The first-order chi connectivity index (χ1) is 24.6. The maximum absolute atomic E-state index is 12.7. The Morgan fingerprint density at radius 3 is 1.16 bits per heavy atom. The number of aliphatic carboxylic acids is 1. The van der Waals surface area contributed by atoms with E-state index in [-0.39, 0.29) is 18.5 Å². The van der Waals surface area contributed by atoms with Gasteiger partial charge in [0.15, 0.2) is 0 Å². The second-order valence-corrected chi connectivity index (χ2v) is 15.2. The number of rotatable bonds is 41. The summed E-state index contributed by atoms with van der Waals surface area (Å²) >= 11 is 0. The first-order valence-electron chi connectivity index (χ1n) is 22.3. The van der Waals surface area contributed by atoms with Gasteiger partial charge < -0.3 is 9.84 Å². The van der Waals surface area contributed by atoms with Gasteiger partial charge in [-0.15, -0.1) is 0 Å². The minimum absolute atomic E-state index is 0.0114. The molecule has 0 saturated heterocycles. The van der Waals surface area contributed by atoms with Crippen molar-refractivity contribution < 1.29 is 19.4 Å². The SMILES string of the molecule is CCCCCCCC/C=C\CCCCCCCCCCCC(=O)OC(CCC/C=C\CCCCCCCCCC)CCCCCCCC(=O)O. The minimum atomic E-state index is -0.702. The van der Waals surface area contributed by atoms with Crippen molar-refractivity contribution in [3.05, 3.63) is 24.3 Å². The Balaban J connectivity index is 3.99. The Morgan fingerprint density at radius 2 is 0.740 bits per heavy atom. The first-order valence-corrected chi connectivity index (χ1v) is 22.3. The van der Waals surface area contributed by atoms with E-state index in [4.69, 9.17) is 9.84 Å². The molecule has 1 unspecified atom stereocenters. The van der Waals surface area contributed by atoms with Crippen molar-refractivity contribution in [3.8, 4) is 0 Å². The van der Waals surface area contributed by atoms with Gasteiger partial charge in [-0.2, -0.15) is 0 Å². The summed E-state index contributed by atoms with van der Waals surface area (Å²) in [4.78, 5) is 23.4. The molecule has 1 atom stereocenters. The van der Waals surface area contributed by atoms with Crippen LogP contribution in [-0.4, -0.2) is 23.1 Å². The molecule has 0 aromatic carbocycles. The van der Waals surface area contributed by atoms with E-state index in [9.17, 15) is 9.59 Å². The minimum Gasteiger partial charge on any atom is -0.481 e. The van der Waals surface area contributed by atoms with Gasteiger partial charge in [-0.1, -0.05) is 179 Å². The van der Waals surface area contributed by atoms with E-state index in [2.05, 4.69) is 38.2 Å². The molecule has 0 aliphatic heterocycles. The Morgan fingerprint density at radius 1 is 0.420 bits per heavy atom. The van der Waals surface area contributed by atoms with Gasteiger partial charge in [0, 0.05) is 12.8 Å². The fourth-order valence-electron chi connectivity index (χ4n) is 6.83. The van der Waals surface area contributed by atoms with Crippen molar-refractivity contribution in [1.29, 1.82) is 0 Å². The number of hydrogen-bond acceptors (Lipinski definition) is 3. The monoisotopic (exact) mass is 703 g/mol. The molecule has 0 spiro atoms. The van der Waals surface area contributed by atoms with Crippen LogP contribution in [0.5, 0.6) is 0 Å². The zero-order valence-electron chi connectivity index (χ0n) is 33.7. The third-order valence-electron chi connectivity index (χ3n) is 10.1. The lowest BCUT2D eigenvalue weighted by Crippen LogP contribution is -2.18. The summed E-state index contributed by atoms with van der Waals surface area (Å²) in [7, 11) is 0. The van der Waals surface area contributed by atoms with Gasteiger partial charge in [0.2, 0.25) is 0 Å². The highest BCUT2D eigenvalue weighted by Gasteiger charge is 2.14. The molecule has 0 bridgehead atoms. The van der Waals surface area contributed by atoms with Crippen LogP contribution in [0.15, 0.2) is 24.3 Å². The van der Waals surface area contributed by atoms with Crippen molar-refractivity contribution in [2.24, 2.45) is 0 Å². The Bertz CT molecular complexity index is 757. The zero-order chi connectivity index (χ0) is 36.4. The molecule has 1 N–H and O–H groups in total. The lowest BCUT2D eigenvalue weighted by atomic mass is 10.0. The molecule has 0 aliphatic rings. The van der Waals surface area contributed by atoms with E-state index >= 15 is 0 Å². The van der Waals surface area contributed by atoms with E-state index < -0.39 is 5.97 Å². The van der Waals surface area contributed by atoms with Crippen LogP contribution in [0.4, 0.5) is 0 Å². The maximum atomic E-state index is 12.7. The molecule has 0 rings (SSSR count). The molecular formula is C46H86O4. The molecule has 0 radical (unpaired) electrons. The number of carbonyl (C=O) groups is 2. The number of hydrogen-bond donors (Lipinski definition) is 1. The van der Waals surface area contributed by atoms with E-state index in [0.717, 1.165) is 70.6 Å². The molecule has 0 heterocycles. The smallest absolute Gasteiger partial charge is 0.306 e. The van der Waals surface area contributed by atoms with Crippen molar-refractivity contribution in [3.63, 3.8) is 0 Å². The number of carboxylic acids is 1. The molecule has 0 fully saturated rings. The average molecular weight is 703 g/mol. The van der Waals surface area contributed by atoms with Crippen LogP contribution >= 0.6 is 0 Å². The Kier molecular flexibility index (Phi) is 40.5. The van der Waals surface area contributed by atoms with E-state index in [1.807, 2.05) is 0 Å². The number of carbonyl (C=O) groups excluding carboxylic acids is 1. The predicted octanol–water partition coefficient (Wildman–Crippen LogP) is 15.6. The van der Waals surface area contributed by atoms with E-state index in [1.54, 1.807) is 0 Å². The van der Waals surface area contributed by atoms with Crippen LogP contribution in [0.1, 0.15) is 251 Å². The van der Waals surface area contributed by atoms with Gasteiger partial charge in [0.25, 0.3) is 0 Å². The van der Waals surface area contributed by atoms with Gasteiger partial charge in [-0.05, 0) is 83.5 Å². The molecule has 0 aliphatic carbocycles. The van der Waals surface area contributed by atoms with Crippen LogP contribution in [0.2, 0.25) is 0 Å². The Hall–Kier alpha value is -1.58. The first kappa shape index (κ1) is 48.4. The van der Waals surface area contributed by atoms with Gasteiger partial charge in [0.1, 0.15) is 6.10 Å². The fourth-order valence-corrected chi connectivity index (χ4v) is 6.83. The van der Waals surface area contributed by atoms with Gasteiger partial charge in [-0.25, -0.2) is 0 Å². The lowest BCUT2D eigenvalue weighted by Gasteiger charge is -2.18. The van der Waals surface area contributed by atoms with Crippen molar-refractivity contribution in [2.75, 3.05) is 0 Å². The van der Waals surface area contributed by atoms with Crippen molar-refractivity contribution in [2.45, 2.75) is 258 Å². The second kappa shape index (κ2) is 41.8. The fraction of sp³-hybridized carbons (Fsp3) is 0.870. The van der Waals surface area contributed by atoms with Crippen LogP contribution in [0.25, 0.3) is 0 Å². The summed E-state index contributed by atoms with van der Waals surface area (Å²) in [5.74, 6) is -0.713. The second-order valence-electron chi connectivity index (χ2n) is 15.2.